The fourth-order valence-electron chi connectivity index (χ4n) is 3.06. The van der Waals surface area contributed by atoms with Crippen molar-refractivity contribution in [3.8, 4) is 0 Å². The van der Waals surface area contributed by atoms with Gasteiger partial charge in [-0.3, -0.25) is 0 Å². The van der Waals surface area contributed by atoms with E-state index >= 15 is 0 Å². The zero-order valence-corrected chi connectivity index (χ0v) is 11.6. The second kappa shape index (κ2) is 5.74. The predicted octanol–water partition coefficient (Wildman–Crippen LogP) is 2.20. The highest BCUT2D eigenvalue weighted by Gasteiger charge is 2.35. The number of thioether (sulfide) groups is 1. The van der Waals surface area contributed by atoms with Gasteiger partial charge in [-0.15, -0.1) is 0 Å². The Morgan fingerprint density at radius 2 is 2.19 bits per heavy atom. The van der Waals surface area contributed by atoms with Crippen LogP contribution in [0, 0.1) is 5.41 Å². The molecule has 0 amide bonds. The van der Waals surface area contributed by atoms with Crippen LogP contribution < -0.4 is 5.32 Å². The van der Waals surface area contributed by atoms with Crippen molar-refractivity contribution in [1.82, 2.24) is 10.2 Å². The summed E-state index contributed by atoms with van der Waals surface area (Å²) >= 11 is 2.11. The molecule has 0 saturated carbocycles. The lowest BCUT2D eigenvalue weighted by Crippen LogP contribution is -2.45. The van der Waals surface area contributed by atoms with Gasteiger partial charge in [0.1, 0.15) is 0 Å². The first-order chi connectivity index (χ1) is 7.78. The van der Waals surface area contributed by atoms with E-state index in [1.165, 1.54) is 56.9 Å². The van der Waals surface area contributed by atoms with Crippen molar-refractivity contribution in [2.75, 3.05) is 37.7 Å². The van der Waals surface area contributed by atoms with E-state index < -0.39 is 0 Å². The maximum atomic E-state index is 3.65. The van der Waals surface area contributed by atoms with Crippen molar-refractivity contribution in [1.29, 1.82) is 0 Å². The van der Waals surface area contributed by atoms with Crippen LogP contribution in [0.15, 0.2) is 0 Å². The molecule has 0 aromatic heterocycles. The largest absolute Gasteiger partial charge is 0.311 e. The van der Waals surface area contributed by atoms with Crippen LogP contribution in [-0.2, 0) is 0 Å². The van der Waals surface area contributed by atoms with Crippen molar-refractivity contribution in [2.45, 2.75) is 39.2 Å². The number of hydrogen-bond donors (Lipinski definition) is 1. The van der Waals surface area contributed by atoms with Gasteiger partial charge in [-0.25, -0.2) is 0 Å². The molecule has 3 heteroatoms. The number of nitrogens with one attached hydrogen (secondary N) is 1. The quantitative estimate of drug-likeness (QED) is 0.814. The Hall–Kier alpha value is 0.270. The van der Waals surface area contributed by atoms with Crippen LogP contribution >= 0.6 is 11.8 Å². The van der Waals surface area contributed by atoms with E-state index in [1.54, 1.807) is 0 Å². The molecule has 0 aliphatic carbocycles. The summed E-state index contributed by atoms with van der Waals surface area (Å²) in [6.45, 7) is 9.86. The number of rotatable bonds is 4. The lowest BCUT2D eigenvalue weighted by Gasteiger charge is -2.30. The van der Waals surface area contributed by atoms with Crippen molar-refractivity contribution >= 4 is 11.8 Å². The molecule has 94 valence electrons. The molecule has 0 spiro atoms. The molecule has 0 radical (unpaired) electrons. The van der Waals surface area contributed by atoms with Gasteiger partial charge >= 0.3 is 0 Å². The zero-order chi connectivity index (χ0) is 11.4. The molecule has 2 rings (SSSR count). The number of hydrogen-bond acceptors (Lipinski definition) is 3. The van der Waals surface area contributed by atoms with E-state index in [-0.39, 0.29) is 0 Å². The van der Waals surface area contributed by atoms with Gasteiger partial charge in [0.2, 0.25) is 0 Å². The van der Waals surface area contributed by atoms with E-state index in [9.17, 15) is 0 Å². The highest BCUT2D eigenvalue weighted by Crippen LogP contribution is 2.36. The third kappa shape index (κ3) is 2.93. The van der Waals surface area contributed by atoms with Gasteiger partial charge < -0.3 is 10.2 Å². The van der Waals surface area contributed by atoms with Gasteiger partial charge in [-0.05, 0) is 31.2 Å². The third-order valence-corrected chi connectivity index (χ3v) is 5.63. The summed E-state index contributed by atoms with van der Waals surface area (Å²) in [4.78, 5) is 2.69. The molecule has 2 heterocycles. The summed E-state index contributed by atoms with van der Waals surface area (Å²) < 4.78 is 0. The first-order valence-corrected chi connectivity index (χ1v) is 7.97. The Morgan fingerprint density at radius 3 is 2.75 bits per heavy atom. The molecule has 1 atom stereocenters. The Bertz CT molecular complexity index is 210. The summed E-state index contributed by atoms with van der Waals surface area (Å²) in [7, 11) is 0. The minimum absolute atomic E-state index is 0.641. The standard InChI is InChI=1S/C13H26N2S/c1-3-13(4-2)5-7-15(11-13)9-12-10-16-8-6-14-12/h12,14H,3-11H2,1-2H3. The molecule has 2 aliphatic heterocycles. The SMILES string of the molecule is CCC1(CC)CCN(CC2CSCCN2)C1. The average Bonchev–Trinajstić information content (AvgIpc) is 2.75. The lowest BCUT2D eigenvalue weighted by molar-refractivity contribution is 0.229. The summed E-state index contributed by atoms with van der Waals surface area (Å²) in [5.74, 6) is 2.60. The van der Waals surface area contributed by atoms with E-state index in [1.807, 2.05) is 0 Å². The first kappa shape index (κ1) is 12.7. The fraction of sp³-hybridized carbons (Fsp3) is 1.00. The zero-order valence-electron chi connectivity index (χ0n) is 10.8. The van der Waals surface area contributed by atoms with E-state index in [2.05, 4.69) is 35.8 Å². The molecule has 0 bridgehead atoms. The summed E-state index contributed by atoms with van der Waals surface area (Å²) in [5, 5.41) is 3.65. The summed E-state index contributed by atoms with van der Waals surface area (Å²) in [6.07, 6.45) is 4.12. The molecule has 2 fully saturated rings. The molecular formula is C13H26N2S. The smallest absolute Gasteiger partial charge is 0.0285 e. The van der Waals surface area contributed by atoms with Crippen LogP contribution in [0.5, 0.6) is 0 Å². The van der Waals surface area contributed by atoms with Crippen LogP contribution in [0.3, 0.4) is 0 Å². The van der Waals surface area contributed by atoms with Crippen LogP contribution in [0.2, 0.25) is 0 Å². The van der Waals surface area contributed by atoms with Gasteiger partial charge in [0.25, 0.3) is 0 Å². The topological polar surface area (TPSA) is 15.3 Å². The van der Waals surface area contributed by atoms with Crippen molar-refractivity contribution in [3.05, 3.63) is 0 Å². The second-order valence-corrected chi connectivity index (χ2v) is 6.57. The second-order valence-electron chi connectivity index (χ2n) is 5.42. The Kier molecular flexibility index (Phi) is 4.57. The molecule has 2 aliphatic rings. The van der Waals surface area contributed by atoms with Crippen molar-refractivity contribution in [3.63, 3.8) is 0 Å². The normalized spacial score (nSPS) is 30.8. The van der Waals surface area contributed by atoms with Crippen molar-refractivity contribution < 1.29 is 0 Å². The first-order valence-electron chi connectivity index (χ1n) is 6.81. The van der Waals surface area contributed by atoms with E-state index in [0.717, 1.165) is 6.04 Å². The summed E-state index contributed by atoms with van der Waals surface area (Å²) in [6, 6.07) is 0.739. The maximum absolute atomic E-state index is 3.65. The lowest BCUT2D eigenvalue weighted by atomic mass is 9.82. The fourth-order valence-corrected chi connectivity index (χ4v) is 4.00. The third-order valence-electron chi connectivity index (χ3n) is 4.49. The highest BCUT2D eigenvalue weighted by atomic mass is 32.2. The van der Waals surface area contributed by atoms with Gasteiger partial charge in [-0.1, -0.05) is 13.8 Å². The van der Waals surface area contributed by atoms with Crippen LogP contribution in [0.25, 0.3) is 0 Å². The van der Waals surface area contributed by atoms with Gasteiger partial charge in [0, 0.05) is 37.2 Å². The molecule has 1 unspecified atom stereocenters. The Morgan fingerprint density at radius 1 is 1.38 bits per heavy atom. The van der Waals surface area contributed by atoms with Crippen LogP contribution in [-0.4, -0.2) is 48.6 Å². The van der Waals surface area contributed by atoms with Gasteiger partial charge in [-0.2, -0.15) is 11.8 Å². The van der Waals surface area contributed by atoms with Crippen LogP contribution in [0.4, 0.5) is 0 Å². The predicted molar refractivity (Wildman–Crippen MR) is 73.2 cm³/mol. The Labute approximate surface area is 105 Å². The van der Waals surface area contributed by atoms with E-state index in [0.29, 0.717) is 5.41 Å². The van der Waals surface area contributed by atoms with Gasteiger partial charge in [0.05, 0.1) is 0 Å². The molecule has 0 aromatic rings. The van der Waals surface area contributed by atoms with E-state index in [4.69, 9.17) is 0 Å². The molecule has 2 nitrogen and oxygen atoms in total. The monoisotopic (exact) mass is 242 g/mol. The maximum Gasteiger partial charge on any atom is 0.0285 e. The minimum Gasteiger partial charge on any atom is -0.311 e. The molecular weight excluding hydrogens is 216 g/mol. The van der Waals surface area contributed by atoms with Crippen LogP contribution in [0.1, 0.15) is 33.1 Å². The number of nitrogens with zero attached hydrogens (tertiary/aromatic N) is 1. The van der Waals surface area contributed by atoms with Crippen molar-refractivity contribution in [2.24, 2.45) is 5.41 Å². The molecule has 1 N–H and O–H groups in total. The molecule has 0 aromatic carbocycles. The number of likely N-dealkylation sites (tertiary alicyclic amines) is 1. The van der Waals surface area contributed by atoms with Gasteiger partial charge in [0.15, 0.2) is 0 Å². The average molecular weight is 242 g/mol. The minimum atomic E-state index is 0.641. The molecule has 2 saturated heterocycles. The molecule has 16 heavy (non-hydrogen) atoms. The summed E-state index contributed by atoms with van der Waals surface area (Å²) in [5.41, 5.74) is 0.641. The highest BCUT2D eigenvalue weighted by molar-refractivity contribution is 7.99. The Balaban J connectivity index is 1.79.